The predicted molar refractivity (Wildman–Crippen MR) is 171 cm³/mol. The molecule has 0 aliphatic heterocycles. The van der Waals surface area contributed by atoms with Gasteiger partial charge in [0.05, 0.1) is 18.0 Å². The van der Waals surface area contributed by atoms with Crippen LogP contribution in [0.2, 0.25) is 0 Å². The van der Waals surface area contributed by atoms with Crippen molar-refractivity contribution in [3.63, 3.8) is 0 Å². The number of carbonyl (C=O) groups is 1. The SMILES string of the molecule is C/C(F)=C\CF.C=C(C)CC.CC.CC.CC.CC(=O)N[C@@H](C)[C@H](O)CNCc1cc(CC(C)C)ccc1C. The van der Waals surface area contributed by atoms with Gasteiger partial charge in [-0.1, -0.05) is 86.1 Å². The predicted octanol–water partition coefficient (Wildman–Crippen LogP) is 9.05. The lowest BCUT2D eigenvalue weighted by molar-refractivity contribution is -0.120. The average Bonchev–Trinajstić information content (AvgIpc) is 2.89. The first-order valence-corrected chi connectivity index (χ1v) is 14.6. The molecule has 3 N–H and O–H groups in total. The molecule has 0 spiro atoms. The Hall–Kier alpha value is -2.05. The van der Waals surface area contributed by atoms with Crippen molar-refractivity contribution in [3.05, 3.63) is 58.9 Å². The monoisotopic (exact) mass is 558 g/mol. The molecule has 0 aliphatic carbocycles. The number of allylic oxidation sites excluding steroid dienone is 3. The summed E-state index contributed by atoms with van der Waals surface area (Å²) in [4.78, 5) is 11.0. The Labute approximate surface area is 241 Å². The van der Waals surface area contributed by atoms with Crippen molar-refractivity contribution in [2.45, 2.75) is 128 Å². The van der Waals surface area contributed by atoms with Gasteiger partial charge in [0.2, 0.25) is 5.91 Å². The van der Waals surface area contributed by atoms with Crippen molar-refractivity contribution in [3.8, 4) is 0 Å². The third kappa shape index (κ3) is 36.0. The molecule has 1 amide bonds. The summed E-state index contributed by atoms with van der Waals surface area (Å²) in [5.41, 5.74) is 5.12. The van der Waals surface area contributed by atoms with Crippen molar-refractivity contribution in [2.24, 2.45) is 5.92 Å². The maximum Gasteiger partial charge on any atom is 0.217 e. The summed E-state index contributed by atoms with van der Waals surface area (Å²) in [6.07, 6.45) is 2.47. The van der Waals surface area contributed by atoms with Gasteiger partial charge in [0.15, 0.2) is 0 Å². The zero-order valence-electron chi connectivity index (χ0n) is 27.9. The van der Waals surface area contributed by atoms with E-state index in [-0.39, 0.29) is 11.9 Å². The van der Waals surface area contributed by atoms with Gasteiger partial charge in [0.1, 0.15) is 6.67 Å². The molecule has 0 radical (unpaired) electrons. The second kappa shape index (κ2) is 34.0. The van der Waals surface area contributed by atoms with Crippen LogP contribution in [0.5, 0.6) is 0 Å². The Morgan fingerprint density at radius 2 is 1.54 bits per heavy atom. The van der Waals surface area contributed by atoms with E-state index < -0.39 is 18.6 Å². The first kappa shape index (κ1) is 46.8. The lowest BCUT2D eigenvalue weighted by atomic mass is 9.98. The summed E-state index contributed by atoms with van der Waals surface area (Å²) in [7, 11) is 0. The Morgan fingerprint density at radius 3 is 1.87 bits per heavy atom. The smallest absolute Gasteiger partial charge is 0.217 e. The second-order valence-corrected chi connectivity index (χ2v) is 8.80. The Morgan fingerprint density at radius 1 is 1.05 bits per heavy atom. The zero-order chi connectivity index (χ0) is 32.0. The van der Waals surface area contributed by atoms with Crippen molar-refractivity contribution < 1.29 is 18.7 Å². The molecule has 39 heavy (non-hydrogen) atoms. The van der Waals surface area contributed by atoms with Gasteiger partial charge in [-0.05, 0) is 69.2 Å². The summed E-state index contributed by atoms with van der Waals surface area (Å²) in [6.45, 7) is 31.3. The number of amides is 1. The molecule has 1 rings (SSSR count). The molecule has 0 heterocycles. The molecule has 1 aromatic rings. The first-order valence-electron chi connectivity index (χ1n) is 14.6. The number of aliphatic hydroxyl groups excluding tert-OH is 1. The summed E-state index contributed by atoms with van der Waals surface area (Å²) in [6, 6.07) is 6.34. The molecular weight excluding hydrogens is 494 g/mol. The largest absolute Gasteiger partial charge is 0.390 e. The van der Waals surface area contributed by atoms with Gasteiger partial charge < -0.3 is 15.7 Å². The van der Waals surface area contributed by atoms with E-state index in [0.717, 1.165) is 25.5 Å². The molecule has 2 atom stereocenters. The van der Waals surface area contributed by atoms with E-state index in [9.17, 15) is 18.7 Å². The van der Waals surface area contributed by atoms with E-state index in [0.29, 0.717) is 12.5 Å². The molecule has 232 valence electrons. The quantitative estimate of drug-likeness (QED) is 0.251. The zero-order valence-corrected chi connectivity index (χ0v) is 27.9. The van der Waals surface area contributed by atoms with Crippen molar-refractivity contribution in [1.82, 2.24) is 10.6 Å². The number of nitrogens with one attached hydrogen (secondary N) is 2. The topological polar surface area (TPSA) is 61.4 Å². The number of rotatable bonds is 10. The number of carbonyl (C=O) groups excluding carboxylic acids is 1. The van der Waals surface area contributed by atoms with Crippen LogP contribution in [0.4, 0.5) is 8.78 Å². The summed E-state index contributed by atoms with van der Waals surface area (Å²) >= 11 is 0. The van der Waals surface area contributed by atoms with Gasteiger partial charge in [0, 0.05) is 20.0 Å². The Bertz CT molecular complexity index is 716. The maximum atomic E-state index is 11.3. The highest BCUT2D eigenvalue weighted by Gasteiger charge is 2.14. The normalized spacial score (nSPS) is 11.2. The number of hydrogen-bond donors (Lipinski definition) is 3. The first-order chi connectivity index (χ1) is 18.3. The van der Waals surface area contributed by atoms with Gasteiger partial charge >= 0.3 is 0 Å². The van der Waals surface area contributed by atoms with E-state index in [4.69, 9.17) is 0 Å². The van der Waals surface area contributed by atoms with Gasteiger partial charge in [-0.15, -0.1) is 6.58 Å². The minimum Gasteiger partial charge on any atom is -0.390 e. The lowest BCUT2D eigenvalue weighted by Gasteiger charge is -2.20. The molecule has 0 saturated heterocycles. The van der Waals surface area contributed by atoms with Crippen molar-refractivity contribution >= 4 is 5.91 Å². The third-order valence-electron chi connectivity index (χ3n) is 4.70. The van der Waals surface area contributed by atoms with Crippen LogP contribution in [0.15, 0.2) is 42.3 Å². The highest BCUT2D eigenvalue weighted by atomic mass is 19.1. The number of benzene rings is 1. The summed E-state index contributed by atoms with van der Waals surface area (Å²) < 4.78 is 22.3. The van der Waals surface area contributed by atoms with Gasteiger partial charge in [-0.25, -0.2) is 8.78 Å². The number of alkyl halides is 1. The number of halogens is 2. The molecule has 0 aromatic heterocycles. The van der Waals surface area contributed by atoms with Crippen LogP contribution in [-0.4, -0.2) is 36.4 Å². The second-order valence-electron chi connectivity index (χ2n) is 8.80. The van der Waals surface area contributed by atoms with Gasteiger partial charge in [-0.2, -0.15) is 0 Å². The fourth-order valence-corrected chi connectivity index (χ4v) is 2.57. The minimum absolute atomic E-state index is 0.121. The Balaban J connectivity index is -0.000000186. The van der Waals surface area contributed by atoms with E-state index in [1.54, 1.807) is 0 Å². The van der Waals surface area contributed by atoms with Crippen LogP contribution in [-0.2, 0) is 17.8 Å². The van der Waals surface area contributed by atoms with Crippen LogP contribution in [0.1, 0.15) is 113 Å². The number of hydrogen-bond acceptors (Lipinski definition) is 3. The molecule has 0 bridgehead atoms. The lowest BCUT2D eigenvalue weighted by Crippen LogP contribution is -2.44. The molecule has 6 heteroatoms. The highest BCUT2D eigenvalue weighted by Crippen LogP contribution is 2.14. The fraction of sp³-hybridized carbons (Fsp3) is 0.667. The van der Waals surface area contributed by atoms with Crippen LogP contribution >= 0.6 is 0 Å². The van der Waals surface area contributed by atoms with Gasteiger partial charge in [0.25, 0.3) is 0 Å². The van der Waals surface area contributed by atoms with Crippen LogP contribution in [0.3, 0.4) is 0 Å². The van der Waals surface area contributed by atoms with E-state index in [1.807, 2.05) is 55.4 Å². The van der Waals surface area contributed by atoms with E-state index >= 15 is 0 Å². The third-order valence-corrected chi connectivity index (χ3v) is 4.70. The number of aryl methyl sites for hydroxylation is 1. The summed E-state index contributed by atoms with van der Waals surface area (Å²) in [5.74, 6) is 0.0603. The maximum absolute atomic E-state index is 11.3. The molecule has 0 saturated carbocycles. The highest BCUT2D eigenvalue weighted by molar-refractivity contribution is 5.73. The van der Waals surface area contributed by atoms with Crippen molar-refractivity contribution in [2.75, 3.05) is 13.2 Å². The van der Waals surface area contributed by atoms with Crippen molar-refractivity contribution in [1.29, 1.82) is 0 Å². The molecule has 1 aromatic carbocycles. The molecule has 0 aliphatic rings. The summed E-state index contributed by atoms with van der Waals surface area (Å²) in [5, 5.41) is 16.0. The van der Waals surface area contributed by atoms with Gasteiger partial charge in [-0.3, -0.25) is 4.79 Å². The average molecular weight is 559 g/mol. The molecular formula is C33H64F2N2O2. The number of aliphatic hydroxyl groups is 1. The Kier molecular flexibility index (Phi) is 40.8. The van der Waals surface area contributed by atoms with E-state index in [1.165, 1.54) is 36.1 Å². The van der Waals surface area contributed by atoms with E-state index in [2.05, 4.69) is 63.1 Å². The van der Waals surface area contributed by atoms with Crippen LogP contribution < -0.4 is 10.6 Å². The fourth-order valence-electron chi connectivity index (χ4n) is 2.57. The minimum atomic E-state index is -0.706. The molecule has 4 nitrogen and oxygen atoms in total. The van der Waals surface area contributed by atoms with Crippen LogP contribution in [0.25, 0.3) is 0 Å². The molecule has 0 fully saturated rings. The standard InChI is InChI=1S/C18H30N2O2.C5H10.C4H6F2.3C2H6/c1-12(2)8-16-7-6-13(3)17(9-16)10-19-11-18(22)14(4)20-15(5)21;1-4-5(2)3;1-4(6)2-3-5;3*1-2/h6-7,9,12,14,18-19,22H,8,10-11H2,1-5H3,(H,20,21);2,4H2,1,3H3;2H,3H2,1H3;3*1-2H3/b;;4-2+;;;/t14-,18+;;;;;/m0...../s1. The van der Waals surface area contributed by atoms with Crippen LogP contribution in [0, 0.1) is 12.8 Å². The molecule has 0 unspecified atom stereocenters.